The zero-order valence-electron chi connectivity index (χ0n) is 20.3. The third-order valence-electron chi connectivity index (χ3n) is 7.59. The van der Waals surface area contributed by atoms with E-state index in [0.29, 0.717) is 11.7 Å². The molecule has 1 N–H and O–H groups in total. The van der Waals surface area contributed by atoms with Crippen LogP contribution in [0.4, 0.5) is 14.5 Å². The highest BCUT2D eigenvalue weighted by Crippen LogP contribution is 2.50. The number of nitrogens with one attached hydrogen (secondary N) is 1. The minimum Gasteiger partial charge on any atom is -0.497 e. The second-order valence-corrected chi connectivity index (χ2v) is 9.99. The summed E-state index contributed by atoms with van der Waals surface area (Å²) in [6.45, 7) is 2.15. The Bertz CT molecular complexity index is 997. The first-order valence-electron chi connectivity index (χ1n) is 12.3. The number of alkyl halides is 1. The van der Waals surface area contributed by atoms with E-state index in [-0.39, 0.29) is 17.7 Å². The van der Waals surface area contributed by atoms with Gasteiger partial charge >= 0.3 is 5.97 Å². The number of hydrogen-bond donors (Lipinski definition) is 1. The SMILES string of the molecule is COC(=O)C(C)(F)C(c1cccc(NCC2CCC(c3cc(OC)ccc3F)CC2)c1)C1CC1. The molecule has 2 unspecified atom stereocenters. The van der Waals surface area contributed by atoms with E-state index >= 15 is 4.39 Å². The van der Waals surface area contributed by atoms with Gasteiger partial charge in [-0.3, -0.25) is 0 Å². The zero-order chi connectivity index (χ0) is 24.3. The minimum absolute atomic E-state index is 0.156. The number of anilines is 1. The van der Waals surface area contributed by atoms with Gasteiger partial charge in [-0.25, -0.2) is 13.6 Å². The molecule has 4 nitrogen and oxygen atoms in total. The maximum absolute atomic E-state index is 15.5. The standard InChI is InChI=1S/C28H35F2NO3/c1-28(30,27(32)34-3)26(20-11-12-20)21-5-4-6-22(15-21)31-17-18-7-9-19(10-8-18)24-16-23(33-2)13-14-25(24)29/h4-6,13-16,18-20,26,31H,7-12,17H2,1-3H3. The molecular weight excluding hydrogens is 436 g/mol. The number of hydrogen-bond acceptors (Lipinski definition) is 4. The van der Waals surface area contributed by atoms with Crippen molar-refractivity contribution in [3.05, 3.63) is 59.4 Å². The molecule has 2 atom stereocenters. The molecular formula is C28H35F2NO3. The van der Waals surface area contributed by atoms with Gasteiger partial charge < -0.3 is 14.8 Å². The molecule has 2 aliphatic rings. The highest BCUT2D eigenvalue weighted by atomic mass is 19.1. The van der Waals surface area contributed by atoms with Crippen LogP contribution in [0, 0.1) is 17.7 Å². The molecule has 0 spiro atoms. The summed E-state index contributed by atoms with van der Waals surface area (Å²) in [4.78, 5) is 12.1. The highest BCUT2D eigenvalue weighted by Gasteiger charge is 2.50. The van der Waals surface area contributed by atoms with Gasteiger partial charge in [0.25, 0.3) is 0 Å². The number of carbonyl (C=O) groups is 1. The average Bonchev–Trinajstić information content (AvgIpc) is 3.68. The number of ether oxygens (including phenoxy) is 2. The Morgan fingerprint density at radius 1 is 1.09 bits per heavy atom. The fourth-order valence-electron chi connectivity index (χ4n) is 5.53. The number of rotatable bonds is 9. The first-order chi connectivity index (χ1) is 16.3. The molecule has 2 saturated carbocycles. The lowest BCUT2D eigenvalue weighted by molar-refractivity contribution is -0.155. The van der Waals surface area contributed by atoms with Crippen molar-refractivity contribution in [2.75, 3.05) is 26.1 Å². The Hall–Kier alpha value is -2.63. The van der Waals surface area contributed by atoms with Crippen LogP contribution in [0.1, 0.15) is 68.4 Å². The summed E-state index contributed by atoms with van der Waals surface area (Å²) in [6.07, 6.45) is 5.78. The molecule has 4 rings (SSSR count). The first-order valence-corrected chi connectivity index (χ1v) is 12.3. The molecule has 2 aliphatic carbocycles. The number of methoxy groups -OCH3 is 2. The molecule has 0 amide bonds. The van der Waals surface area contributed by atoms with Gasteiger partial charge in [-0.2, -0.15) is 0 Å². The summed E-state index contributed by atoms with van der Waals surface area (Å²) in [5.74, 6) is 0.0970. The van der Waals surface area contributed by atoms with Crippen molar-refractivity contribution < 1.29 is 23.0 Å². The van der Waals surface area contributed by atoms with Crippen LogP contribution in [0.2, 0.25) is 0 Å². The van der Waals surface area contributed by atoms with Crippen LogP contribution in [-0.4, -0.2) is 32.4 Å². The Labute approximate surface area is 201 Å². The van der Waals surface area contributed by atoms with Crippen LogP contribution in [-0.2, 0) is 9.53 Å². The predicted octanol–water partition coefficient (Wildman–Crippen LogP) is 6.62. The van der Waals surface area contributed by atoms with E-state index in [0.717, 1.165) is 61.9 Å². The van der Waals surface area contributed by atoms with Crippen molar-refractivity contribution in [1.29, 1.82) is 0 Å². The van der Waals surface area contributed by atoms with Crippen LogP contribution < -0.4 is 10.1 Å². The van der Waals surface area contributed by atoms with Gasteiger partial charge in [0, 0.05) is 18.2 Å². The lowest BCUT2D eigenvalue weighted by atomic mass is 9.78. The molecule has 0 aromatic heterocycles. The fourth-order valence-corrected chi connectivity index (χ4v) is 5.53. The van der Waals surface area contributed by atoms with E-state index in [4.69, 9.17) is 9.47 Å². The number of esters is 1. The third-order valence-corrected chi connectivity index (χ3v) is 7.59. The van der Waals surface area contributed by atoms with E-state index in [1.165, 1.54) is 20.1 Å². The lowest BCUT2D eigenvalue weighted by Gasteiger charge is -2.30. The summed E-state index contributed by atoms with van der Waals surface area (Å²) in [6, 6.07) is 12.8. The molecule has 0 aliphatic heterocycles. The largest absolute Gasteiger partial charge is 0.497 e. The van der Waals surface area contributed by atoms with Crippen molar-refractivity contribution in [1.82, 2.24) is 0 Å². The average molecular weight is 472 g/mol. The van der Waals surface area contributed by atoms with Crippen molar-refractivity contribution in [2.24, 2.45) is 11.8 Å². The van der Waals surface area contributed by atoms with Gasteiger partial charge in [0.05, 0.1) is 14.2 Å². The summed E-state index contributed by atoms with van der Waals surface area (Å²) < 4.78 is 39.8. The van der Waals surface area contributed by atoms with Gasteiger partial charge in [0.2, 0.25) is 5.67 Å². The highest BCUT2D eigenvalue weighted by molar-refractivity contribution is 5.80. The molecule has 184 valence electrons. The topological polar surface area (TPSA) is 47.6 Å². The van der Waals surface area contributed by atoms with Gasteiger partial charge in [-0.05, 0) is 105 Å². The summed E-state index contributed by atoms with van der Waals surface area (Å²) in [5, 5.41) is 3.52. The van der Waals surface area contributed by atoms with Gasteiger partial charge in [-0.15, -0.1) is 0 Å². The monoisotopic (exact) mass is 471 g/mol. The van der Waals surface area contributed by atoms with Crippen LogP contribution >= 0.6 is 0 Å². The predicted molar refractivity (Wildman–Crippen MR) is 130 cm³/mol. The normalized spacial score (nSPS) is 23.0. The molecule has 0 radical (unpaired) electrons. The Balaban J connectivity index is 1.36. The van der Waals surface area contributed by atoms with Crippen molar-refractivity contribution in [3.63, 3.8) is 0 Å². The van der Waals surface area contributed by atoms with Crippen LogP contribution in [0.25, 0.3) is 0 Å². The summed E-state index contributed by atoms with van der Waals surface area (Å²) in [7, 11) is 2.84. The van der Waals surface area contributed by atoms with E-state index in [1.807, 2.05) is 30.3 Å². The maximum Gasteiger partial charge on any atom is 0.343 e. The van der Waals surface area contributed by atoms with Gasteiger partial charge in [-0.1, -0.05) is 12.1 Å². The molecule has 6 heteroatoms. The molecule has 0 saturated heterocycles. The zero-order valence-corrected chi connectivity index (χ0v) is 20.3. The molecule has 34 heavy (non-hydrogen) atoms. The first kappa shape index (κ1) is 24.5. The molecule has 0 heterocycles. The minimum atomic E-state index is -2.05. The Morgan fingerprint density at radius 2 is 1.82 bits per heavy atom. The molecule has 2 aromatic carbocycles. The quantitative estimate of drug-likeness (QED) is 0.418. The lowest BCUT2D eigenvalue weighted by Crippen LogP contribution is -2.39. The van der Waals surface area contributed by atoms with Crippen molar-refractivity contribution in [3.8, 4) is 5.75 Å². The van der Waals surface area contributed by atoms with Crippen molar-refractivity contribution in [2.45, 2.75) is 63.0 Å². The number of carbonyl (C=O) groups excluding carboxylic acids is 1. The van der Waals surface area contributed by atoms with Crippen molar-refractivity contribution >= 4 is 11.7 Å². The van der Waals surface area contributed by atoms with Gasteiger partial charge in [0.1, 0.15) is 11.6 Å². The van der Waals surface area contributed by atoms with Gasteiger partial charge in [0.15, 0.2) is 0 Å². The second-order valence-electron chi connectivity index (χ2n) is 9.99. The smallest absolute Gasteiger partial charge is 0.343 e. The van der Waals surface area contributed by atoms with Crippen LogP contribution in [0.3, 0.4) is 0 Å². The van der Waals surface area contributed by atoms with E-state index < -0.39 is 17.6 Å². The summed E-state index contributed by atoms with van der Waals surface area (Å²) in [5.41, 5.74) is 0.469. The Kier molecular flexibility index (Phi) is 7.44. The van der Waals surface area contributed by atoms with E-state index in [9.17, 15) is 9.18 Å². The third kappa shape index (κ3) is 5.37. The number of halogens is 2. The van der Waals surface area contributed by atoms with E-state index in [1.54, 1.807) is 13.2 Å². The fraction of sp³-hybridized carbons (Fsp3) is 0.536. The summed E-state index contributed by atoms with van der Waals surface area (Å²) >= 11 is 0. The maximum atomic E-state index is 15.5. The number of benzene rings is 2. The molecule has 0 bridgehead atoms. The molecule has 2 aromatic rings. The van der Waals surface area contributed by atoms with Crippen LogP contribution in [0.5, 0.6) is 5.75 Å². The van der Waals surface area contributed by atoms with Crippen LogP contribution in [0.15, 0.2) is 42.5 Å². The second kappa shape index (κ2) is 10.3. The Morgan fingerprint density at radius 3 is 2.47 bits per heavy atom. The molecule has 2 fully saturated rings. The van der Waals surface area contributed by atoms with E-state index in [2.05, 4.69) is 5.32 Å².